The van der Waals surface area contributed by atoms with Crippen LogP contribution in [0.4, 0.5) is 4.39 Å². The minimum absolute atomic E-state index is 0.0513. The van der Waals surface area contributed by atoms with Crippen LogP contribution in [0.15, 0.2) is 16.6 Å². The van der Waals surface area contributed by atoms with Gasteiger partial charge in [0.1, 0.15) is 5.82 Å². The Balaban J connectivity index is 2.23. The third-order valence-electron chi connectivity index (χ3n) is 3.81. The summed E-state index contributed by atoms with van der Waals surface area (Å²) in [5.41, 5.74) is 0.322. The van der Waals surface area contributed by atoms with Crippen LogP contribution in [0.3, 0.4) is 0 Å². The van der Waals surface area contributed by atoms with Crippen LogP contribution >= 0.6 is 27.5 Å². The molecule has 18 heavy (non-hydrogen) atoms. The summed E-state index contributed by atoms with van der Waals surface area (Å²) < 4.78 is 14.6. The highest BCUT2D eigenvalue weighted by Gasteiger charge is 2.28. The van der Waals surface area contributed by atoms with Crippen molar-refractivity contribution < 1.29 is 9.50 Å². The second kappa shape index (κ2) is 5.89. The summed E-state index contributed by atoms with van der Waals surface area (Å²) >= 11 is 9.04. The molecule has 0 radical (unpaired) electrons. The Morgan fingerprint density at radius 2 is 2.17 bits per heavy atom. The van der Waals surface area contributed by atoms with Crippen LogP contribution in [0.1, 0.15) is 44.3 Å². The Labute approximate surface area is 120 Å². The maximum absolute atomic E-state index is 14.0. The Morgan fingerprint density at radius 1 is 1.44 bits per heavy atom. The fourth-order valence-electron chi connectivity index (χ4n) is 2.79. The first-order chi connectivity index (χ1) is 8.50. The average molecular weight is 336 g/mol. The van der Waals surface area contributed by atoms with E-state index in [1.807, 2.05) is 0 Å². The van der Waals surface area contributed by atoms with E-state index in [-0.39, 0.29) is 10.9 Å². The predicted octanol–water partition coefficient (Wildman–Crippen LogP) is 5.10. The summed E-state index contributed by atoms with van der Waals surface area (Å²) in [4.78, 5) is 0. The molecule has 3 atom stereocenters. The molecule has 0 bridgehead atoms. The van der Waals surface area contributed by atoms with Crippen molar-refractivity contribution in [3.8, 4) is 0 Å². The smallest absolute Gasteiger partial charge is 0.148 e. The Bertz CT molecular complexity index is 438. The van der Waals surface area contributed by atoms with Gasteiger partial charge in [0.2, 0.25) is 0 Å². The van der Waals surface area contributed by atoms with E-state index in [1.165, 1.54) is 6.42 Å². The molecule has 0 saturated heterocycles. The summed E-state index contributed by atoms with van der Waals surface area (Å²) in [6.07, 6.45) is 3.47. The van der Waals surface area contributed by atoms with Crippen LogP contribution in [0.5, 0.6) is 0 Å². The number of halogens is 3. The summed E-state index contributed by atoms with van der Waals surface area (Å²) in [7, 11) is 0. The summed E-state index contributed by atoms with van der Waals surface area (Å²) in [5, 5.41) is 10.4. The second-order valence-corrected chi connectivity index (χ2v) is 6.47. The first-order valence-electron chi connectivity index (χ1n) is 6.32. The molecule has 0 heterocycles. The molecular weight excluding hydrogens is 319 g/mol. The summed E-state index contributed by atoms with van der Waals surface area (Å²) in [6.45, 7) is 2.18. The van der Waals surface area contributed by atoms with Gasteiger partial charge >= 0.3 is 0 Å². The van der Waals surface area contributed by atoms with Gasteiger partial charge in [-0.15, -0.1) is 0 Å². The van der Waals surface area contributed by atoms with Gasteiger partial charge in [0.05, 0.1) is 11.1 Å². The van der Waals surface area contributed by atoms with E-state index < -0.39 is 11.9 Å². The SMILES string of the molecule is CC1CCCC(C(O)c2ccc(Br)c(Cl)c2F)C1. The lowest BCUT2D eigenvalue weighted by molar-refractivity contribution is 0.0685. The van der Waals surface area contributed by atoms with Crippen molar-refractivity contribution in [2.24, 2.45) is 11.8 Å². The lowest BCUT2D eigenvalue weighted by atomic mass is 9.78. The van der Waals surface area contributed by atoms with Crippen molar-refractivity contribution in [1.29, 1.82) is 0 Å². The van der Waals surface area contributed by atoms with Gasteiger partial charge in [-0.05, 0) is 46.7 Å². The van der Waals surface area contributed by atoms with Crippen molar-refractivity contribution in [1.82, 2.24) is 0 Å². The number of hydrogen-bond acceptors (Lipinski definition) is 1. The maximum Gasteiger partial charge on any atom is 0.148 e. The van der Waals surface area contributed by atoms with Gasteiger partial charge in [-0.25, -0.2) is 4.39 Å². The molecule has 3 unspecified atom stereocenters. The number of rotatable bonds is 2. The molecule has 0 aliphatic heterocycles. The number of aliphatic hydroxyl groups excluding tert-OH is 1. The van der Waals surface area contributed by atoms with Gasteiger partial charge in [-0.2, -0.15) is 0 Å². The molecule has 1 aliphatic rings. The van der Waals surface area contributed by atoms with Crippen LogP contribution < -0.4 is 0 Å². The molecule has 4 heteroatoms. The molecule has 0 aromatic heterocycles. The fraction of sp³-hybridized carbons (Fsp3) is 0.571. The van der Waals surface area contributed by atoms with E-state index in [1.54, 1.807) is 12.1 Å². The molecular formula is C14H17BrClFO. The molecule has 2 rings (SSSR count). The topological polar surface area (TPSA) is 20.2 Å². The lowest BCUT2D eigenvalue weighted by Crippen LogP contribution is -2.21. The minimum atomic E-state index is -0.752. The van der Waals surface area contributed by atoms with Crippen molar-refractivity contribution in [2.75, 3.05) is 0 Å². The normalized spacial score (nSPS) is 26.1. The average Bonchev–Trinajstić information content (AvgIpc) is 2.35. The highest BCUT2D eigenvalue weighted by molar-refractivity contribution is 9.10. The van der Waals surface area contributed by atoms with Crippen molar-refractivity contribution in [2.45, 2.75) is 38.7 Å². The molecule has 100 valence electrons. The third-order valence-corrected chi connectivity index (χ3v) is 5.07. The zero-order valence-corrected chi connectivity index (χ0v) is 12.6. The van der Waals surface area contributed by atoms with Crippen molar-refractivity contribution in [3.63, 3.8) is 0 Å². The van der Waals surface area contributed by atoms with Crippen molar-refractivity contribution in [3.05, 3.63) is 33.0 Å². The number of benzene rings is 1. The maximum atomic E-state index is 14.0. The van der Waals surface area contributed by atoms with E-state index >= 15 is 0 Å². The zero-order chi connectivity index (χ0) is 13.3. The number of aliphatic hydroxyl groups is 1. The van der Waals surface area contributed by atoms with Crippen LogP contribution in [-0.4, -0.2) is 5.11 Å². The highest BCUT2D eigenvalue weighted by Crippen LogP contribution is 2.39. The van der Waals surface area contributed by atoms with E-state index in [0.717, 1.165) is 19.3 Å². The number of hydrogen-bond donors (Lipinski definition) is 1. The van der Waals surface area contributed by atoms with Gasteiger partial charge in [-0.1, -0.05) is 37.4 Å². The predicted molar refractivity (Wildman–Crippen MR) is 75.2 cm³/mol. The Kier molecular flexibility index (Phi) is 4.68. The van der Waals surface area contributed by atoms with Crippen LogP contribution in [-0.2, 0) is 0 Å². The van der Waals surface area contributed by atoms with Gasteiger partial charge in [-0.3, -0.25) is 0 Å². The van der Waals surface area contributed by atoms with Gasteiger partial charge < -0.3 is 5.11 Å². The first-order valence-corrected chi connectivity index (χ1v) is 7.49. The highest BCUT2D eigenvalue weighted by atomic mass is 79.9. The summed E-state index contributed by atoms with van der Waals surface area (Å²) in [6, 6.07) is 3.31. The standard InChI is InChI=1S/C14H17BrClFO/c1-8-3-2-4-9(7-8)14(18)10-5-6-11(15)12(16)13(10)17/h5-6,8-9,14,18H,2-4,7H2,1H3. The monoisotopic (exact) mass is 334 g/mol. The van der Waals surface area contributed by atoms with Crippen LogP contribution in [0.2, 0.25) is 5.02 Å². The zero-order valence-electron chi connectivity index (χ0n) is 10.3. The molecule has 0 amide bonds. The van der Waals surface area contributed by atoms with Gasteiger partial charge in [0.25, 0.3) is 0 Å². The van der Waals surface area contributed by atoms with Crippen LogP contribution in [0, 0.1) is 17.7 Å². The molecule has 1 saturated carbocycles. The van der Waals surface area contributed by atoms with Gasteiger partial charge in [0, 0.05) is 10.0 Å². The minimum Gasteiger partial charge on any atom is -0.388 e. The second-order valence-electron chi connectivity index (χ2n) is 5.24. The van der Waals surface area contributed by atoms with Crippen LogP contribution in [0.25, 0.3) is 0 Å². The van der Waals surface area contributed by atoms with E-state index in [0.29, 0.717) is 16.0 Å². The molecule has 1 fully saturated rings. The molecule has 1 N–H and O–H groups in total. The lowest BCUT2D eigenvalue weighted by Gasteiger charge is -2.30. The third kappa shape index (κ3) is 2.89. The molecule has 1 aromatic carbocycles. The van der Waals surface area contributed by atoms with E-state index in [2.05, 4.69) is 22.9 Å². The molecule has 1 aliphatic carbocycles. The largest absolute Gasteiger partial charge is 0.388 e. The molecule has 1 nitrogen and oxygen atoms in total. The summed E-state index contributed by atoms with van der Waals surface area (Å²) in [5.74, 6) is 0.240. The van der Waals surface area contributed by atoms with Gasteiger partial charge in [0.15, 0.2) is 0 Å². The first kappa shape index (κ1) is 14.3. The quantitative estimate of drug-likeness (QED) is 0.745. The van der Waals surface area contributed by atoms with E-state index in [4.69, 9.17) is 11.6 Å². The van der Waals surface area contributed by atoms with E-state index in [9.17, 15) is 9.50 Å². The Hall–Kier alpha value is -0.120. The Morgan fingerprint density at radius 3 is 2.83 bits per heavy atom. The van der Waals surface area contributed by atoms with Crippen molar-refractivity contribution >= 4 is 27.5 Å². The fourth-order valence-corrected chi connectivity index (χ4v) is 3.27. The molecule has 1 aromatic rings. The molecule has 0 spiro atoms.